The molecule has 1 atom stereocenters. The molecule has 0 radical (unpaired) electrons. The predicted molar refractivity (Wildman–Crippen MR) is 64.5 cm³/mol. The Morgan fingerprint density at radius 1 is 1.31 bits per heavy atom. The highest BCUT2D eigenvalue weighted by Gasteiger charge is 2.12. The Labute approximate surface area is 96.6 Å². The van der Waals surface area contributed by atoms with Crippen molar-refractivity contribution in [3.63, 3.8) is 0 Å². The van der Waals surface area contributed by atoms with Crippen LogP contribution in [0.1, 0.15) is 38.2 Å². The van der Waals surface area contributed by atoms with Gasteiger partial charge in [-0.25, -0.2) is 0 Å². The van der Waals surface area contributed by atoms with E-state index in [1.165, 1.54) is 0 Å². The van der Waals surface area contributed by atoms with Gasteiger partial charge in [-0.2, -0.15) is 0 Å². The van der Waals surface area contributed by atoms with E-state index in [0.29, 0.717) is 13.0 Å². The summed E-state index contributed by atoms with van der Waals surface area (Å²) < 4.78 is 5.36. The fourth-order valence-corrected chi connectivity index (χ4v) is 1.74. The minimum atomic E-state index is -0.249. The van der Waals surface area contributed by atoms with Crippen LogP contribution in [0.4, 0.5) is 0 Å². The summed E-state index contributed by atoms with van der Waals surface area (Å²) in [5.74, 6) is 0.828. The second kappa shape index (κ2) is 6.16. The Morgan fingerprint density at radius 3 is 2.38 bits per heavy atom. The highest BCUT2D eigenvalue weighted by molar-refractivity contribution is 5.74. The van der Waals surface area contributed by atoms with Crippen LogP contribution in [0.5, 0.6) is 5.75 Å². The molecule has 2 N–H and O–H groups in total. The van der Waals surface area contributed by atoms with Crippen LogP contribution >= 0.6 is 0 Å². The molecule has 0 heterocycles. The molecule has 1 amide bonds. The van der Waals surface area contributed by atoms with Crippen LogP contribution in [0.2, 0.25) is 0 Å². The first-order valence-corrected chi connectivity index (χ1v) is 5.68. The Hall–Kier alpha value is -1.51. The van der Waals surface area contributed by atoms with Gasteiger partial charge in [-0.3, -0.25) is 4.79 Å². The maximum absolute atomic E-state index is 10.9. The summed E-state index contributed by atoms with van der Waals surface area (Å²) in [4.78, 5) is 10.9. The zero-order valence-electron chi connectivity index (χ0n) is 9.90. The van der Waals surface area contributed by atoms with Crippen LogP contribution in [0, 0.1) is 0 Å². The third-order valence-electron chi connectivity index (χ3n) is 2.60. The van der Waals surface area contributed by atoms with Crippen molar-refractivity contribution in [2.45, 2.75) is 32.6 Å². The van der Waals surface area contributed by atoms with Crippen LogP contribution in [0.25, 0.3) is 0 Å². The highest BCUT2D eigenvalue weighted by Crippen LogP contribution is 2.24. The zero-order valence-corrected chi connectivity index (χ0v) is 9.90. The Balaban J connectivity index is 2.73. The second-order valence-corrected chi connectivity index (χ2v) is 3.78. The molecule has 88 valence electrons. The lowest BCUT2D eigenvalue weighted by atomic mass is 9.93. The van der Waals surface area contributed by atoms with E-state index in [0.717, 1.165) is 17.7 Å². The van der Waals surface area contributed by atoms with Crippen molar-refractivity contribution < 1.29 is 9.53 Å². The van der Waals surface area contributed by atoms with E-state index in [-0.39, 0.29) is 11.8 Å². The first-order valence-electron chi connectivity index (χ1n) is 5.68. The molecule has 0 aliphatic carbocycles. The van der Waals surface area contributed by atoms with E-state index in [4.69, 9.17) is 10.5 Å². The summed E-state index contributed by atoms with van der Waals surface area (Å²) in [5, 5.41) is 0. The molecule has 1 aromatic rings. The normalized spacial score (nSPS) is 12.1. The van der Waals surface area contributed by atoms with Crippen LogP contribution in [0.3, 0.4) is 0 Å². The number of amides is 1. The van der Waals surface area contributed by atoms with Gasteiger partial charge >= 0.3 is 0 Å². The molecule has 3 nitrogen and oxygen atoms in total. The van der Waals surface area contributed by atoms with Crippen LogP contribution in [-0.4, -0.2) is 12.5 Å². The average molecular weight is 221 g/mol. The number of benzene rings is 1. The number of rotatable bonds is 6. The molecule has 1 rings (SSSR count). The van der Waals surface area contributed by atoms with Crippen LogP contribution in [0.15, 0.2) is 24.3 Å². The average Bonchev–Trinajstić information content (AvgIpc) is 2.27. The Bertz CT molecular complexity index is 332. The van der Waals surface area contributed by atoms with E-state index >= 15 is 0 Å². The topological polar surface area (TPSA) is 52.3 Å². The van der Waals surface area contributed by atoms with Crippen molar-refractivity contribution in [2.24, 2.45) is 5.73 Å². The number of primary amides is 1. The predicted octanol–water partition coefficient (Wildman–Crippen LogP) is 2.45. The number of hydrogen-bond donors (Lipinski definition) is 1. The molecule has 0 aromatic heterocycles. The maximum atomic E-state index is 10.9. The summed E-state index contributed by atoms with van der Waals surface area (Å²) in [7, 11) is 0. The fourth-order valence-electron chi connectivity index (χ4n) is 1.74. The smallest absolute Gasteiger partial charge is 0.218 e. The van der Waals surface area contributed by atoms with Crippen molar-refractivity contribution in [1.29, 1.82) is 0 Å². The molecule has 3 heteroatoms. The molecule has 0 aliphatic rings. The minimum Gasteiger partial charge on any atom is -0.494 e. The summed E-state index contributed by atoms with van der Waals surface area (Å²) in [6.07, 6.45) is 1.32. The van der Waals surface area contributed by atoms with Crippen molar-refractivity contribution in [1.82, 2.24) is 0 Å². The number of nitrogens with two attached hydrogens (primary N) is 1. The van der Waals surface area contributed by atoms with Crippen molar-refractivity contribution in [3.8, 4) is 5.75 Å². The molecular formula is C13H19NO2. The third kappa shape index (κ3) is 3.57. The van der Waals surface area contributed by atoms with Crippen molar-refractivity contribution in [3.05, 3.63) is 29.8 Å². The number of carbonyl (C=O) groups is 1. The van der Waals surface area contributed by atoms with Crippen molar-refractivity contribution >= 4 is 5.91 Å². The molecule has 16 heavy (non-hydrogen) atoms. The van der Waals surface area contributed by atoms with Gasteiger partial charge in [0.15, 0.2) is 0 Å². The second-order valence-electron chi connectivity index (χ2n) is 3.78. The zero-order chi connectivity index (χ0) is 12.0. The standard InChI is InChI=1S/C13H19NO2/c1-3-10(9-13(14)15)11-5-7-12(8-6-11)16-4-2/h5-8,10H,3-4,9H2,1-2H3,(H2,14,15). The lowest BCUT2D eigenvalue weighted by Gasteiger charge is -2.13. The van der Waals surface area contributed by atoms with Gasteiger partial charge in [0, 0.05) is 6.42 Å². The summed E-state index contributed by atoms with van der Waals surface area (Å²) in [5.41, 5.74) is 6.36. The Morgan fingerprint density at radius 2 is 1.94 bits per heavy atom. The summed E-state index contributed by atoms with van der Waals surface area (Å²) in [6.45, 7) is 4.68. The quantitative estimate of drug-likeness (QED) is 0.802. The largest absolute Gasteiger partial charge is 0.494 e. The van der Waals surface area contributed by atoms with E-state index in [1.807, 2.05) is 31.2 Å². The maximum Gasteiger partial charge on any atom is 0.218 e. The summed E-state index contributed by atoms with van der Waals surface area (Å²) in [6, 6.07) is 7.87. The Kier molecular flexibility index (Phi) is 4.83. The minimum absolute atomic E-state index is 0.216. The number of carbonyl (C=O) groups excluding carboxylic acids is 1. The lowest BCUT2D eigenvalue weighted by Crippen LogP contribution is -2.14. The van der Waals surface area contributed by atoms with Gasteiger partial charge in [0.2, 0.25) is 5.91 Å². The van der Waals surface area contributed by atoms with E-state index < -0.39 is 0 Å². The molecule has 0 bridgehead atoms. The first kappa shape index (κ1) is 12.6. The van der Waals surface area contributed by atoms with Gasteiger partial charge in [0.25, 0.3) is 0 Å². The molecule has 0 saturated carbocycles. The molecule has 0 aliphatic heterocycles. The molecular weight excluding hydrogens is 202 g/mol. The molecule has 0 fully saturated rings. The first-order chi connectivity index (χ1) is 7.67. The van der Waals surface area contributed by atoms with Crippen molar-refractivity contribution in [2.75, 3.05) is 6.61 Å². The lowest BCUT2D eigenvalue weighted by molar-refractivity contribution is -0.118. The number of hydrogen-bond acceptors (Lipinski definition) is 2. The van der Waals surface area contributed by atoms with Gasteiger partial charge in [0.05, 0.1) is 6.61 Å². The van der Waals surface area contributed by atoms with E-state index in [1.54, 1.807) is 0 Å². The molecule has 0 saturated heterocycles. The number of ether oxygens (including phenoxy) is 1. The molecule has 1 aromatic carbocycles. The highest BCUT2D eigenvalue weighted by atomic mass is 16.5. The van der Waals surface area contributed by atoms with E-state index in [2.05, 4.69) is 6.92 Å². The van der Waals surface area contributed by atoms with Gasteiger partial charge < -0.3 is 10.5 Å². The van der Waals surface area contributed by atoms with Crippen LogP contribution in [-0.2, 0) is 4.79 Å². The van der Waals surface area contributed by atoms with Gasteiger partial charge in [0.1, 0.15) is 5.75 Å². The van der Waals surface area contributed by atoms with Crippen LogP contribution < -0.4 is 10.5 Å². The summed E-state index contributed by atoms with van der Waals surface area (Å²) >= 11 is 0. The third-order valence-corrected chi connectivity index (χ3v) is 2.60. The monoisotopic (exact) mass is 221 g/mol. The van der Waals surface area contributed by atoms with E-state index in [9.17, 15) is 4.79 Å². The van der Waals surface area contributed by atoms with Gasteiger partial charge in [-0.05, 0) is 37.0 Å². The molecule has 1 unspecified atom stereocenters. The molecule has 0 spiro atoms. The SMILES string of the molecule is CCOc1ccc(C(CC)CC(N)=O)cc1. The fraction of sp³-hybridized carbons (Fsp3) is 0.462. The van der Waals surface area contributed by atoms with Gasteiger partial charge in [-0.15, -0.1) is 0 Å². The van der Waals surface area contributed by atoms with Gasteiger partial charge in [-0.1, -0.05) is 19.1 Å².